The zero-order chi connectivity index (χ0) is 13.1. The number of nitrogens with one attached hydrogen (secondary N) is 1. The zero-order valence-corrected chi connectivity index (χ0v) is 11.0. The first-order valence-corrected chi connectivity index (χ1v) is 6.40. The van der Waals surface area contributed by atoms with E-state index in [2.05, 4.69) is 27.5 Å². The summed E-state index contributed by atoms with van der Waals surface area (Å²) in [5, 5.41) is 9.61. The van der Waals surface area contributed by atoms with Crippen LogP contribution < -0.4 is 5.32 Å². The number of aromatic nitrogens is 3. The largest absolute Gasteiger partial charge is 0.336 e. The summed E-state index contributed by atoms with van der Waals surface area (Å²) in [6.45, 7) is 0.639. The molecule has 0 unspecified atom stereocenters. The second-order valence-corrected chi connectivity index (χ2v) is 4.38. The average Bonchev–Trinajstić information content (AvgIpc) is 2.87. The van der Waals surface area contributed by atoms with E-state index in [-0.39, 0.29) is 0 Å². The standard InChI is InChI=1S/C14H12N4S/c19-10-16-14-6-8-18(17-14)9-13-12-4-2-1-3-11(12)5-7-15-13/h1-8,10H,9H2,(H,16,17,19). The summed E-state index contributed by atoms with van der Waals surface area (Å²) >= 11 is 4.74. The van der Waals surface area contributed by atoms with Crippen molar-refractivity contribution >= 4 is 34.3 Å². The molecule has 2 heterocycles. The van der Waals surface area contributed by atoms with Crippen LogP contribution in [0.25, 0.3) is 10.8 Å². The van der Waals surface area contributed by atoms with Crippen molar-refractivity contribution in [2.75, 3.05) is 5.32 Å². The van der Waals surface area contributed by atoms with Crippen molar-refractivity contribution < 1.29 is 0 Å². The Labute approximate surface area is 116 Å². The van der Waals surface area contributed by atoms with Gasteiger partial charge in [-0.2, -0.15) is 5.10 Å². The minimum absolute atomic E-state index is 0.639. The smallest absolute Gasteiger partial charge is 0.152 e. The third-order valence-electron chi connectivity index (χ3n) is 2.92. The Morgan fingerprint density at radius 2 is 2.11 bits per heavy atom. The van der Waals surface area contributed by atoms with Crippen LogP contribution in [0.1, 0.15) is 5.69 Å². The Morgan fingerprint density at radius 1 is 1.21 bits per heavy atom. The van der Waals surface area contributed by atoms with Crippen molar-refractivity contribution in [2.45, 2.75) is 6.54 Å². The summed E-state index contributed by atoms with van der Waals surface area (Å²) in [5.41, 5.74) is 2.46. The molecule has 0 aliphatic rings. The maximum atomic E-state index is 4.74. The second kappa shape index (κ2) is 5.16. The third-order valence-corrected chi connectivity index (χ3v) is 3.03. The van der Waals surface area contributed by atoms with Gasteiger partial charge < -0.3 is 5.32 Å². The number of thiocarbonyl (C=S) groups is 1. The minimum Gasteiger partial charge on any atom is -0.336 e. The molecule has 0 amide bonds. The highest BCUT2D eigenvalue weighted by Gasteiger charge is 2.04. The summed E-state index contributed by atoms with van der Waals surface area (Å²) in [6.07, 6.45) is 3.74. The number of anilines is 1. The van der Waals surface area contributed by atoms with Gasteiger partial charge in [-0.15, -0.1) is 0 Å². The van der Waals surface area contributed by atoms with Gasteiger partial charge in [0.25, 0.3) is 0 Å². The monoisotopic (exact) mass is 268 g/mol. The van der Waals surface area contributed by atoms with Gasteiger partial charge in [-0.25, -0.2) is 0 Å². The van der Waals surface area contributed by atoms with Gasteiger partial charge in [-0.3, -0.25) is 9.67 Å². The van der Waals surface area contributed by atoms with Crippen molar-refractivity contribution in [3.05, 3.63) is 54.5 Å². The molecule has 0 fully saturated rings. The Kier molecular flexibility index (Phi) is 3.20. The highest BCUT2D eigenvalue weighted by Crippen LogP contribution is 2.17. The molecule has 0 spiro atoms. The van der Waals surface area contributed by atoms with E-state index in [0.29, 0.717) is 6.54 Å². The molecular formula is C14H12N4S. The molecule has 1 aromatic carbocycles. The molecule has 0 bridgehead atoms. The van der Waals surface area contributed by atoms with Crippen LogP contribution in [0.4, 0.5) is 5.82 Å². The fraction of sp³-hybridized carbons (Fsp3) is 0.0714. The van der Waals surface area contributed by atoms with Crippen molar-refractivity contribution in [2.24, 2.45) is 0 Å². The van der Waals surface area contributed by atoms with E-state index in [1.165, 1.54) is 10.9 Å². The van der Waals surface area contributed by atoms with Gasteiger partial charge in [0.1, 0.15) is 0 Å². The first-order valence-electron chi connectivity index (χ1n) is 5.93. The number of benzene rings is 1. The maximum Gasteiger partial charge on any atom is 0.152 e. The summed E-state index contributed by atoms with van der Waals surface area (Å²) in [6, 6.07) is 12.1. The lowest BCUT2D eigenvalue weighted by atomic mass is 10.1. The molecule has 4 nitrogen and oxygen atoms in total. The highest BCUT2D eigenvalue weighted by molar-refractivity contribution is 7.79. The first-order chi connectivity index (χ1) is 9.36. The molecule has 0 saturated heterocycles. The van der Waals surface area contributed by atoms with Crippen LogP contribution >= 0.6 is 12.2 Å². The molecule has 3 rings (SSSR count). The van der Waals surface area contributed by atoms with Crippen LogP contribution in [0.2, 0.25) is 0 Å². The van der Waals surface area contributed by atoms with E-state index < -0.39 is 0 Å². The lowest BCUT2D eigenvalue weighted by molar-refractivity contribution is 0.680. The van der Waals surface area contributed by atoms with Crippen molar-refractivity contribution in [3.8, 4) is 0 Å². The minimum atomic E-state index is 0.639. The molecule has 94 valence electrons. The number of rotatable bonds is 4. The van der Waals surface area contributed by atoms with Gasteiger partial charge in [0.15, 0.2) is 5.82 Å². The van der Waals surface area contributed by atoms with Gasteiger partial charge in [-0.05, 0) is 11.5 Å². The number of hydrogen-bond acceptors (Lipinski definition) is 3. The number of nitrogens with zero attached hydrogens (tertiary/aromatic N) is 3. The number of fused-ring (bicyclic) bond motifs is 1. The molecule has 5 heteroatoms. The van der Waals surface area contributed by atoms with Gasteiger partial charge in [0.2, 0.25) is 0 Å². The SMILES string of the molecule is S=CNc1ccn(Cc2nccc3ccccc23)n1. The molecule has 19 heavy (non-hydrogen) atoms. The summed E-state index contributed by atoms with van der Waals surface area (Å²) in [5.74, 6) is 0.746. The van der Waals surface area contributed by atoms with E-state index in [4.69, 9.17) is 12.2 Å². The lowest BCUT2D eigenvalue weighted by Crippen LogP contribution is -2.04. The van der Waals surface area contributed by atoms with E-state index in [1.54, 1.807) is 0 Å². The van der Waals surface area contributed by atoms with E-state index in [1.807, 2.05) is 41.3 Å². The van der Waals surface area contributed by atoms with Crippen LogP contribution in [-0.4, -0.2) is 20.3 Å². The van der Waals surface area contributed by atoms with Crippen LogP contribution in [0, 0.1) is 0 Å². The van der Waals surface area contributed by atoms with Crippen molar-refractivity contribution in [1.29, 1.82) is 0 Å². The first kappa shape index (κ1) is 11.8. The molecule has 3 aromatic rings. The molecule has 0 radical (unpaired) electrons. The quantitative estimate of drug-likeness (QED) is 0.739. The third kappa shape index (κ3) is 2.46. The van der Waals surface area contributed by atoms with E-state index >= 15 is 0 Å². The molecule has 0 atom stereocenters. The summed E-state index contributed by atoms with van der Waals surface area (Å²) in [4.78, 5) is 4.45. The molecule has 1 N–H and O–H groups in total. The van der Waals surface area contributed by atoms with Gasteiger partial charge in [-0.1, -0.05) is 36.5 Å². The second-order valence-electron chi connectivity index (χ2n) is 4.14. The Bertz CT molecular complexity index is 715. The Morgan fingerprint density at radius 3 is 3.00 bits per heavy atom. The van der Waals surface area contributed by atoms with Crippen LogP contribution in [-0.2, 0) is 6.54 Å². The number of hydrogen-bond donors (Lipinski definition) is 1. The lowest BCUT2D eigenvalue weighted by Gasteiger charge is -2.05. The van der Waals surface area contributed by atoms with Gasteiger partial charge in [0.05, 0.1) is 17.7 Å². The average molecular weight is 268 g/mol. The van der Waals surface area contributed by atoms with Crippen molar-refractivity contribution in [1.82, 2.24) is 14.8 Å². The Hall–Kier alpha value is -2.27. The Balaban J connectivity index is 1.94. The van der Waals surface area contributed by atoms with Crippen LogP contribution in [0.5, 0.6) is 0 Å². The molecule has 0 aliphatic heterocycles. The molecule has 0 aliphatic carbocycles. The fourth-order valence-corrected chi connectivity index (χ4v) is 2.17. The van der Waals surface area contributed by atoms with Gasteiger partial charge in [0, 0.05) is 23.8 Å². The molecule has 2 aromatic heterocycles. The predicted molar refractivity (Wildman–Crippen MR) is 80.3 cm³/mol. The fourth-order valence-electron chi connectivity index (χ4n) is 2.05. The maximum absolute atomic E-state index is 4.74. The summed E-state index contributed by atoms with van der Waals surface area (Å²) in [7, 11) is 0. The topological polar surface area (TPSA) is 42.7 Å². The van der Waals surface area contributed by atoms with E-state index in [0.717, 1.165) is 16.9 Å². The number of pyridine rings is 1. The summed E-state index contributed by atoms with van der Waals surface area (Å²) < 4.78 is 1.84. The normalized spacial score (nSPS) is 10.5. The van der Waals surface area contributed by atoms with Crippen LogP contribution in [0.3, 0.4) is 0 Å². The zero-order valence-electron chi connectivity index (χ0n) is 10.2. The molecular weight excluding hydrogens is 256 g/mol. The molecule has 0 saturated carbocycles. The highest BCUT2D eigenvalue weighted by atomic mass is 32.1. The van der Waals surface area contributed by atoms with Crippen molar-refractivity contribution in [3.63, 3.8) is 0 Å². The van der Waals surface area contributed by atoms with E-state index in [9.17, 15) is 0 Å². The van der Waals surface area contributed by atoms with Gasteiger partial charge >= 0.3 is 0 Å². The predicted octanol–water partition coefficient (Wildman–Crippen LogP) is 2.85. The van der Waals surface area contributed by atoms with Crippen LogP contribution in [0.15, 0.2) is 48.8 Å².